The highest BCUT2D eigenvalue weighted by molar-refractivity contribution is 6.42. The lowest BCUT2D eigenvalue weighted by Gasteiger charge is -2.09. The fraction of sp³-hybridized carbons (Fsp3) is 0.190. The van der Waals surface area contributed by atoms with Gasteiger partial charge in [0, 0.05) is 12.1 Å². The molecule has 0 aliphatic carbocycles. The molecule has 0 atom stereocenters. The van der Waals surface area contributed by atoms with E-state index in [2.05, 4.69) is 5.32 Å². The Morgan fingerprint density at radius 1 is 0.964 bits per heavy atom. The Hall–Kier alpha value is -2.63. The van der Waals surface area contributed by atoms with Crippen LogP contribution in [0.25, 0.3) is 11.3 Å². The molecule has 2 aromatic carbocycles. The molecule has 3 rings (SSSR count). The lowest BCUT2D eigenvalue weighted by molar-refractivity contribution is 0.0927. The smallest absolute Gasteiger partial charge is 0.287 e. The van der Waals surface area contributed by atoms with Crippen LogP contribution in [-0.2, 0) is 6.42 Å². The van der Waals surface area contributed by atoms with Crippen LogP contribution in [0.5, 0.6) is 11.5 Å². The number of ether oxygens (including phenoxy) is 2. The highest BCUT2D eigenvalue weighted by Crippen LogP contribution is 2.30. The van der Waals surface area contributed by atoms with Crippen molar-refractivity contribution in [2.45, 2.75) is 6.42 Å². The molecule has 0 spiro atoms. The van der Waals surface area contributed by atoms with Crippen LogP contribution in [-0.4, -0.2) is 26.7 Å². The lowest BCUT2D eigenvalue weighted by atomic mass is 10.1. The topological polar surface area (TPSA) is 60.7 Å². The van der Waals surface area contributed by atoms with Crippen molar-refractivity contribution in [3.63, 3.8) is 0 Å². The van der Waals surface area contributed by atoms with Gasteiger partial charge >= 0.3 is 0 Å². The zero-order chi connectivity index (χ0) is 20.1. The van der Waals surface area contributed by atoms with Gasteiger partial charge in [-0.2, -0.15) is 0 Å². The van der Waals surface area contributed by atoms with Crippen molar-refractivity contribution in [3.8, 4) is 22.8 Å². The van der Waals surface area contributed by atoms with Crippen molar-refractivity contribution in [1.82, 2.24) is 5.32 Å². The average molecular weight is 420 g/mol. The second-order valence-corrected chi connectivity index (χ2v) is 6.80. The third-order valence-corrected chi connectivity index (χ3v) is 4.92. The molecule has 28 heavy (non-hydrogen) atoms. The molecule has 5 nitrogen and oxygen atoms in total. The number of hydrogen-bond acceptors (Lipinski definition) is 4. The number of amides is 1. The molecule has 1 aromatic heterocycles. The molecule has 0 saturated carbocycles. The van der Waals surface area contributed by atoms with Crippen molar-refractivity contribution in [1.29, 1.82) is 0 Å². The molecule has 0 saturated heterocycles. The summed E-state index contributed by atoms with van der Waals surface area (Å²) in [5.41, 5.74) is 1.77. The summed E-state index contributed by atoms with van der Waals surface area (Å²) in [7, 11) is 3.18. The summed E-state index contributed by atoms with van der Waals surface area (Å²) < 4.78 is 16.2. The first-order valence-corrected chi connectivity index (χ1v) is 9.31. The van der Waals surface area contributed by atoms with Gasteiger partial charge in [0.2, 0.25) is 0 Å². The van der Waals surface area contributed by atoms with Gasteiger partial charge in [-0.3, -0.25) is 4.79 Å². The first kappa shape index (κ1) is 20.1. The number of halogens is 2. The van der Waals surface area contributed by atoms with Gasteiger partial charge in [0.05, 0.1) is 24.3 Å². The number of carbonyl (C=O) groups excluding carboxylic acids is 1. The van der Waals surface area contributed by atoms with Crippen molar-refractivity contribution < 1.29 is 18.7 Å². The van der Waals surface area contributed by atoms with Crippen molar-refractivity contribution in [2.75, 3.05) is 20.8 Å². The van der Waals surface area contributed by atoms with Gasteiger partial charge in [0.15, 0.2) is 17.3 Å². The second-order valence-electron chi connectivity index (χ2n) is 5.99. The number of methoxy groups -OCH3 is 2. The number of benzene rings is 2. The number of furan rings is 1. The fourth-order valence-corrected chi connectivity index (χ4v) is 3.01. The van der Waals surface area contributed by atoms with E-state index in [0.717, 1.165) is 11.1 Å². The van der Waals surface area contributed by atoms with Crippen LogP contribution in [0.1, 0.15) is 16.1 Å². The Kier molecular flexibility index (Phi) is 6.49. The second kappa shape index (κ2) is 9.04. The molecule has 3 aromatic rings. The zero-order valence-electron chi connectivity index (χ0n) is 15.4. The maximum Gasteiger partial charge on any atom is 0.287 e. The van der Waals surface area contributed by atoms with E-state index in [-0.39, 0.29) is 11.7 Å². The highest BCUT2D eigenvalue weighted by atomic mass is 35.5. The van der Waals surface area contributed by atoms with Crippen LogP contribution in [0.4, 0.5) is 0 Å². The molecule has 0 fully saturated rings. The highest BCUT2D eigenvalue weighted by Gasteiger charge is 2.13. The summed E-state index contributed by atoms with van der Waals surface area (Å²) in [6, 6.07) is 14.2. The van der Waals surface area contributed by atoms with Crippen LogP contribution in [0.2, 0.25) is 10.0 Å². The quantitative estimate of drug-likeness (QED) is 0.568. The molecule has 0 unspecified atom stereocenters. The molecule has 1 amide bonds. The van der Waals surface area contributed by atoms with Crippen molar-refractivity contribution in [2.24, 2.45) is 0 Å². The van der Waals surface area contributed by atoms with E-state index >= 15 is 0 Å². The molecule has 0 bridgehead atoms. The SMILES string of the molecule is COc1ccc(CCNC(=O)c2ccc(-c3ccc(Cl)c(Cl)c3)o2)cc1OC. The van der Waals surface area contributed by atoms with Gasteiger partial charge in [-0.1, -0.05) is 29.3 Å². The maximum absolute atomic E-state index is 12.3. The van der Waals surface area contributed by atoms with Crippen LogP contribution >= 0.6 is 23.2 Å². The molecule has 7 heteroatoms. The minimum atomic E-state index is -0.285. The Balaban J connectivity index is 1.60. The lowest BCUT2D eigenvalue weighted by Crippen LogP contribution is -2.25. The van der Waals surface area contributed by atoms with Crippen LogP contribution < -0.4 is 14.8 Å². The molecule has 0 aliphatic rings. The Bertz CT molecular complexity index is 984. The Morgan fingerprint density at radius 2 is 1.75 bits per heavy atom. The monoisotopic (exact) mass is 419 g/mol. The number of rotatable bonds is 7. The van der Waals surface area contributed by atoms with Gasteiger partial charge in [-0.25, -0.2) is 0 Å². The number of hydrogen-bond donors (Lipinski definition) is 1. The molecule has 1 heterocycles. The summed E-state index contributed by atoms with van der Waals surface area (Å²) in [6.07, 6.45) is 0.645. The van der Waals surface area contributed by atoms with Gasteiger partial charge in [0.1, 0.15) is 5.76 Å². The van der Waals surface area contributed by atoms with E-state index in [4.69, 9.17) is 37.1 Å². The molecule has 146 valence electrons. The van der Waals surface area contributed by atoms with E-state index in [1.165, 1.54) is 0 Å². The first-order valence-electron chi connectivity index (χ1n) is 8.56. The molecule has 1 N–H and O–H groups in total. The minimum Gasteiger partial charge on any atom is -0.493 e. The average Bonchev–Trinajstić information content (AvgIpc) is 3.20. The molecule has 0 radical (unpaired) electrons. The first-order chi connectivity index (χ1) is 13.5. The minimum absolute atomic E-state index is 0.230. The largest absolute Gasteiger partial charge is 0.493 e. The third-order valence-electron chi connectivity index (χ3n) is 4.18. The summed E-state index contributed by atoms with van der Waals surface area (Å²) >= 11 is 12.0. The van der Waals surface area contributed by atoms with E-state index in [1.807, 2.05) is 18.2 Å². The van der Waals surface area contributed by atoms with Gasteiger partial charge in [-0.15, -0.1) is 0 Å². The summed E-state index contributed by atoms with van der Waals surface area (Å²) in [5, 5.41) is 3.74. The van der Waals surface area contributed by atoms with Crippen molar-refractivity contribution >= 4 is 29.1 Å². The van der Waals surface area contributed by atoms with E-state index in [9.17, 15) is 4.79 Å². The Morgan fingerprint density at radius 3 is 2.46 bits per heavy atom. The molecular formula is C21H19Cl2NO4. The van der Waals surface area contributed by atoms with E-state index in [1.54, 1.807) is 44.6 Å². The van der Waals surface area contributed by atoms with Crippen LogP contribution in [0.15, 0.2) is 52.9 Å². The summed E-state index contributed by atoms with van der Waals surface area (Å²) in [4.78, 5) is 12.3. The summed E-state index contributed by atoms with van der Waals surface area (Å²) in [6.45, 7) is 0.455. The Labute approximate surface area is 173 Å². The maximum atomic E-state index is 12.3. The standard InChI is InChI=1S/C21H19Cl2NO4/c1-26-18-6-3-13(11-20(18)27-2)9-10-24-21(25)19-8-7-17(28-19)14-4-5-15(22)16(23)12-14/h3-8,11-12H,9-10H2,1-2H3,(H,24,25). The summed E-state index contributed by atoms with van der Waals surface area (Å²) in [5.74, 6) is 1.81. The van der Waals surface area contributed by atoms with Crippen molar-refractivity contribution in [3.05, 3.63) is 69.9 Å². The number of nitrogens with one attached hydrogen (secondary N) is 1. The fourth-order valence-electron chi connectivity index (χ4n) is 2.71. The van der Waals surface area contributed by atoms with Crippen LogP contribution in [0.3, 0.4) is 0 Å². The van der Waals surface area contributed by atoms with E-state index < -0.39 is 0 Å². The molecular weight excluding hydrogens is 401 g/mol. The van der Waals surface area contributed by atoms with Gasteiger partial charge in [-0.05, 0) is 54.4 Å². The van der Waals surface area contributed by atoms with Crippen LogP contribution in [0, 0.1) is 0 Å². The predicted octanol–water partition coefficient (Wildman–Crippen LogP) is 5.24. The zero-order valence-corrected chi connectivity index (χ0v) is 16.9. The number of carbonyl (C=O) groups is 1. The predicted molar refractivity (Wildman–Crippen MR) is 110 cm³/mol. The third kappa shape index (κ3) is 4.61. The van der Waals surface area contributed by atoms with Gasteiger partial charge < -0.3 is 19.2 Å². The normalized spacial score (nSPS) is 10.6. The van der Waals surface area contributed by atoms with E-state index in [0.29, 0.717) is 40.3 Å². The molecule has 0 aliphatic heterocycles. The van der Waals surface area contributed by atoms with Gasteiger partial charge in [0.25, 0.3) is 5.91 Å².